The van der Waals surface area contributed by atoms with Crippen molar-refractivity contribution in [1.82, 2.24) is 0 Å². The highest BCUT2D eigenvalue weighted by molar-refractivity contribution is 7.98. The average molecular weight is 438 g/mol. The van der Waals surface area contributed by atoms with Crippen LogP contribution in [0.5, 0.6) is 5.75 Å². The fourth-order valence-electron chi connectivity index (χ4n) is 2.50. The molecular weight excluding hydrogens is 414 g/mol. The topological polar surface area (TPSA) is 90.9 Å². The van der Waals surface area contributed by atoms with Crippen molar-refractivity contribution in [1.29, 1.82) is 0 Å². The van der Waals surface area contributed by atoms with E-state index in [2.05, 4.69) is 5.32 Å². The number of thiophene rings is 1. The Balaban J connectivity index is 2.07. The van der Waals surface area contributed by atoms with Crippen LogP contribution in [0.4, 0.5) is 5.00 Å². The molecule has 1 heterocycles. The minimum atomic E-state index is -0.672. The average Bonchev–Trinajstić information content (AvgIpc) is 2.98. The summed E-state index contributed by atoms with van der Waals surface area (Å²) in [7, 11) is 1.46. The Morgan fingerprint density at radius 1 is 1.14 bits per heavy atom. The van der Waals surface area contributed by atoms with Gasteiger partial charge in [0.25, 0.3) is 5.91 Å². The number of hydrogen-bond donors (Lipinski definition) is 1. The summed E-state index contributed by atoms with van der Waals surface area (Å²) in [5.74, 6) is -1.35. The molecule has 1 amide bonds. The Labute approximate surface area is 177 Å². The van der Waals surface area contributed by atoms with Gasteiger partial charge in [0.1, 0.15) is 16.3 Å². The van der Waals surface area contributed by atoms with Crippen molar-refractivity contribution in [3.05, 3.63) is 39.8 Å². The van der Waals surface area contributed by atoms with Crippen molar-refractivity contribution in [2.24, 2.45) is 0 Å². The van der Waals surface area contributed by atoms with Gasteiger partial charge in [0, 0.05) is 9.77 Å². The molecule has 0 spiro atoms. The largest absolute Gasteiger partial charge is 0.496 e. The number of rotatable bonds is 8. The number of methoxy groups -OCH3 is 1. The summed E-state index contributed by atoms with van der Waals surface area (Å²) in [6.07, 6.45) is 1.91. The highest BCUT2D eigenvalue weighted by Gasteiger charge is 2.23. The number of esters is 2. The van der Waals surface area contributed by atoms with Gasteiger partial charge in [-0.25, -0.2) is 9.59 Å². The first-order valence-corrected chi connectivity index (χ1v) is 10.8. The molecule has 0 aliphatic rings. The van der Waals surface area contributed by atoms with Gasteiger partial charge in [-0.1, -0.05) is 0 Å². The number of ether oxygens (including phenoxy) is 3. The minimum absolute atomic E-state index is 0.230. The number of amides is 1. The van der Waals surface area contributed by atoms with Crippen LogP contribution in [0.25, 0.3) is 0 Å². The second-order valence-electron chi connectivity index (χ2n) is 5.90. The second kappa shape index (κ2) is 10.3. The van der Waals surface area contributed by atoms with Crippen molar-refractivity contribution >= 4 is 45.9 Å². The zero-order valence-corrected chi connectivity index (χ0v) is 18.5. The van der Waals surface area contributed by atoms with Crippen molar-refractivity contribution in [2.45, 2.75) is 25.7 Å². The summed E-state index contributed by atoms with van der Waals surface area (Å²) in [5.41, 5.74) is 1.30. The van der Waals surface area contributed by atoms with E-state index in [1.54, 1.807) is 32.0 Å². The highest BCUT2D eigenvalue weighted by atomic mass is 32.2. The highest BCUT2D eigenvalue weighted by Crippen LogP contribution is 2.33. The van der Waals surface area contributed by atoms with Crippen LogP contribution in [0.1, 0.15) is 38.1 Å². The Morgan fingerprint density at radius 2 is 1.86 bits per heavy atom. The Hall–Kier alpha value is -2.52. The van der Waals surface area contributed by atoms with Crippen molar-refractivity contribution in [2.75, 3.05) is 31.9 Å². The molecule has 0 fully saturated rings. The van der Waals surface area contributed by atoms with E-state index in [0.29, 0.717) is 16.3 Å². The molecule has 9 heteroatoms. The van der Waals surface area contributed by atoms with Gasteiger partial charge in [-0.05, 0) is 50.8 Å². The summed E-state index contributed by atoms with van der Waals surface area (Å²) < 4.78 is 15.4. The lowest BCUT2D eigenvalue weighted by Gasteiger charge is -2.10. The van der Waals surface area contributed by atoms with Crippen LogP contribution in [0.2, 0.25) is 0 Å². The first kappa shape index (κ1) is 22.8. The molecule has 0 aliphatic carbocycles. The van der Waals surface area contributed by atoms with E-state index < -0.39 is 24.5 Å². The first-order valence-electron chi connectivity index (χ1n) is 8.78. The molecule has 0 radical (unpaired) electrons. The number of thioether (sulfide) groups is 1. The van der Waals surface area contributed by atoms with E-state index in [9.17, 15) is 14.4 Å². The van der Waals surface area contributed by atoms with Crippen LogP contribution in [-0.4, -0.2) is 44.4 Å². The van der Waals surface area contributed by atoms with Gasteiger partial charge in [0.2, 0.25) is 0 Å². The van der Waals surface area contributed by atoms with Gasteiger partial charge < -0.3 is 19.5 Å². The van der Waals surface area contributed by atoms with E-state index in [4.69, 9.17) is 14.2 Å². The molecule has 0 saturated heterocycles. The Bertz CT molecular complexity index is 922. The molecule has 0 aliphatic heterocycles. The summed E-state index contributed by atoms with van der Waals surface area (Å²) in [6, 6.07) is 5.09. The molecule has 2 aromatic rings. The molecule has 1 N–H and O–H groups in total. The lowest BCUT2D eigenvalue weighted by molar-refractivity contribution is -0.119. The predicted molar refractivity (Wildman–Crippen MR) is 113 cm³/mol. The number of hydrogen-bond acceptors (Lipinski definition) is 8. The van der Waals surface area contributed by atoms with Crippen LogP contribution < -0.4 is 10.1 Å². The number of carbonyl (C=O) groups is 3. The maximum atomic E-state index is 12.3. The van der Waals surface area contributed by atoms with E-state index in [-0.39, 0.29) is 12.2 Å². The van der Waals surface area contributed by atoms with Gasteiger partial charge in [-0.2, -0.15) is 0 Å². The molecular formula is C20H23NO6S2. The summed E-state index contributed by atoms with van der Waals surface area (Å²) in [4.78, 5) is 38.6. The monoisotopic (exact) mass is 437 g/mol. The standard InChI is InChI=1S/C20H23NO6S2/c1-6-26-20(24)17-11(2)12(3)29-18(17)21-16(22)10-27-19(23)14-8-7-13(28-5)9-15(14)25-4/h7-9H,6,10H2,1-5H3,(H,21,22). The van der Waals surface area contributed by atoms with Gasteiger partial charge in [0.05, 0.1) is 19.3 Å². The van der Waals surface area contributed by atoms with E-state index >= 15 is 0 Å². The number of carbonyl (C=O) groups excluding carboxylic acids is 3. The maximum absolute atomic E-state index is 12.3. The van der Waals surface area contributed by atoms with Gasteiger partial charge in [0.15, 0.2) is 6.61 Å². The third kappa shape index (κ3) is 5.51. The van der Waals surface area contributed by atoms with Gasteiger partial charge in [-0.3, -0.25) is 4.79 Å². The molecule has 2 rings (SSSR count). The third-order valence-corrected chi connectivity index (χ3v) is 5.93. The van der Waals surface area contributed by atoms with E-state index in [0.717, 1.165) is 15.3 Å². The number of anilines is 1. The predicted octanol–water partition coefficient (Wildman–Crippen LogP) is 4.07. The van der Waals surface area contributed by atoms with Crippen LogP contribution in [0.15, 0.2) is 23.1 Å². The third-order valence-electron chi connectivity index (χ3n) is 4.08. The van der Waals surface area contributed by atoms with E-state index in [1.165, 1.54) is 30.2 Å². The van der Waals surface area contributed by atoms with E-state index in [1.807, 2.05) is 13.2 Å². The first-order chi connectivity index (χ1) is 13.8. The Kier molecular flexibility index (Phi) is 8.10. The zero-order chi connectivity index (χ0) is 21.6. The fraction of sp³-hybridized carbons (Fsp3) is 0.350. The van der Waals surface area contributed by atoms with Gasteiger partial charge in [-0.15, -0.1) is 23.1 Å². The van der Waals surface area contributed by atoms with Crippen LogP contribution in [-0.2, 0) is 14.3 Å². The van der Waals surface area contributed by atoms with Crippen LogP contribution in [0.3, 0.4) is 0 Å². The number of nitrogens with one attached hydrogen (secondary N) is 1. The molecule has 1 aromatic heterocycles. The molecule has 0 saturated carbocycles. The number of aryl methyl sites for hydroxylation is 1. The number of benzene rings is 1. The van der Waals surface area contributed by atoms with Crippen molar-refractivity contribution in [3.8, 4) is 5.75 Å². The lowest BCUT2D eigenvalue weighted by Crippen LogP contribution is -2.22. The smallest absolute Gasteiger partial charge is 0.342 e. The van der Waals surface area contributed by atoms with Crippen molar-refractivity contribution in [3.63, 3.8) is 0 Å². The normalized spacial score (nSPS) is 10.4. The molecule has 0 unspecified atom stereocenters. The molecule has 1 aromatic carbocycles. The molecule has 0 bridgehead atoms. The van der Waals surface area contributed by atoms with Crippen LogP contribution >= 0.6 is 23.1 Å². The van der Waals surface area contributed by atoms with Gasteiger partial charge >= 0.3 is 11.9 Å². The molecule has 0 atom stereocenters. The Morgan fingerprint density at radius 3 is 2.48 bits per heavy atom. The summed E-state index contributed by atoms with van der Waals surface area (Å²) in [6.45, 7) is 5.09. The maximum Gasteiger partial charge on any atom is 0.342 e. The molecule has 7 nitrogen and oxygen atoms in total. The second-order valence-corrected chi connectivity index (χ2v) is 8.00. The quantitative estimate of drug-likeness (QED) is 0.492. The minimum Gasteiger partial charge on any atom is -0.496 e. The molecule has 29 heavy (non-hydrogen) atoms. The summed E-state index contributed by atoms with van der Waals surface area (Å²) >= 11 is 2.78. The van der Waals surface area contributed by atoms with Crippen molar-refractivity contribution < 1.29 is 28.6 Å². The summed E-state index contributed by atoms with van der Waals surface area (Å²) in [5, 5.41) is 3.01. The molecule has 156 valence electrons. The van der Waals surface area contributed by atoms with Crippen LogP contribution in [0, 0.1) is 13.8 Å². The lowest BCUT2D eigenvalue weighted by atomic mass is 10.1. The zero-order valence-electron chi connectivity index (χ0n) is 16.9. The fourth-order valence-corrected chi connectivity index (χ4v) is 4.00. The SMILES string of the molecule is CCOC(=O)c1c(NC(=O)COC(=O)c2ccc(SC)cc2OC)sc(C)c1C.